The van der Waals surface area contributed by atoms with Crippen LogP contribution in [0.15, 0.2) is 38.0 Å². The summed E-state index contributed by atoms with van der Waals surface area (Å²) in [5.41, 5.74) is 9.09. The van der Waals surface area contributed by atoms with Crippen molar-refractivity contribution in [3.63, 3.8) is 0 Å². The minimum atomic E-state index is -2.09. The summed E-state index contributed by atoms with van der Waals surface area (Å²) in [5.74, 6) is -2.13. The molecule has 0 aromatic carbocycles. The summed E-state index contributed by atoms with van der Waals surface area (Å²) in [5, 5.41) is 2.68. The third kappa shape index (κ3) is 3.54. The summed E-state index contributed by atoms with van der Waals surface area (Å²) in [6.07, 6.45) is 2.78. The molecule has 6 nitrogen and oxygen atoms in total. The number of rotatable bonds is 10. The lowest BCUT2D eigenvalue weighted by Gasteiger charge is -2.32. The summed E-state index contributed by atoms with van der Waals surface area (Å²) >= 11 is 0. The Morgan fingerprint density at radius 3 is 1.89 bits per heavy atom. The molecule has 0 rings (SSSR count). The van der Waals surface area contributed by atoms with Crippen LogP contribution < -0.4 is 16.8 Å². The standard InChI is InChI=1S/C13H19N3O3/c1-4-9(17)12(16-8-7-14)13(15,10(18)5-2)11(19)6-3/h4-6,12,16H,1-3,7-8,14-15H2. The van der Waals surface area contributed by atoms with Crippen LogP contribution in [0.4, 0.5) is 0 Å². The van der Waals surface area contributed by atoms with E-state index in [4.69, 9.17) is 11.5 Å². The fourth-order valence-electron chi connectivity index (χ4n) is 1.58. The average Bonchev–Trinajstić information content (AvgIpc) is 2.44. The third-order valence-electron chi connectivity index (χ3n) is 2.62. The number of nitrogens with one attached hydrogen (secondary N) is 1. The van der Waals surface area contributed by atoms with Gasteiger partial charge in [0.2, 0.25) is 0 Å². The first-order valence-electron chi connectivity index (χ1n) is 5.62. The molecule has 0 fully saturated rings. The van der Waals surface area contributed by atoms with Crippen LogP contribution in [0.3, 0.4) is 0 Å². The van der Waals surface area contributed by atoms with Gasteiger partial charge in [-0.15, -0.1) is 0 Å². The van der Waals surface area contributed by atoms with Gasteiger partial charge in [-0.25, -0.2) is 0 Å². The Labute approximate surface area is 112 Å². The van der Waals surface area contributed by atoms with Crippen LogP contribution in [0.5, 0.6) is 0 Å². The molecule has 1 atom stereocenters. The van der Waals surface area contributed by atoms with Crippen molar-refractivity contribution in [2.45, 2.75) is 11.6 Å². The van der Waals surface area contributed by atoms with Gasteiger partial charge < -0.3 is 16.8 Å². The van der Waals surface area contributed by atoms with Gasteiger partial charge in [0, 0.05) is 13.1 Å². The highest BCUT2D eigenvalue weighted by molar-refractivity contribution is 6.23. The van der Waals surface area contributed by atoms with Crippen LogP contribution in [0.2, 0.25) is 0 Å². The molecule has 0 aliphatic heterocycles. The highest BCUT2D eigenvalue weighted by atomic mass is 16.2. The van der Waals surface area contributed by atoms with Crippen molar-refractivity contribution in [1.82, 2.24) is 5.32 Å². The van der Waals surface area contributed by atoms with Crippen molar-refractivity contribution < 1.29 is 14.4 Å². The smallest absolute Gasteiger partial charge is 0.184 e. The molecule has 6 heteroatoms. The van der Waals surface area contributed by atoms with Gasteiger partial charge in [0.1, 0.15) is 6.04 Å². The predicted octanol–water partition coefficient (Wildman–Crippen LogP) is -1.13. The normalized spacial score (nSPS) is 12.3. The van der Waals surface area contributed by atoms with E-state index in [0.29, 0.717) is 0 Å². The maximum atomic E-state index is 11.9. The highest BCUT2D eigenvalue weighted by Gasteiger charge is 2.48. The Bertz CT molecular complexity index is 395. The molecule has 0 bridgehead atoms. The Balaban J connectivity index is 5.72. The average molecular weight is 265 g/mol. The zero-order valence-electron chi connectivity index (χ0n) is 10.7. The molecule has 0 saturated heterocycles. The van der Waals surface area contributed by atoms with Crippen molar-refractivity contribution in [2.75, 3.05) is 13.1 Å². The van der Waals surface area contributed by atoms with E-state index >= 15 is 0 Å². The molecule has 0 radical (unpaired) electrons. The van der Waals surface area contributed by atoms with Crippen LogP contribution in [-0.4, -0.2) is 42.0 Å². The quantitative estimate of drug-likeness (QED) is 0.340. The first-order valence-corrected chi connectivity index (χ1v) is 5.62. The molecule has 104 valence electrons. The lowest BCUT2D eigenvalue weighted by molar-refractivity contribution is -0.134. The molecule has 19 heavy (non-hydrogen) atoms. The molecule has 0 amide bonds. The summed E-state index contributed by atoms with van der Waals surface area (Å²) in [4.78, 5) is 35.6. The zero-order chi connectivity index (χ0) is 15.1. The molecular weight excluding hydrogens is 246 g/mol. The highest BCUT2D eigenvalue weighted by Crippen LogP contribution is 2.14. The lowest BCUT2D eigenvalue weighted by atomic mass is 9.80. The van der Waals surface area contributed by atoms with Crippen molar-refractivity contribution in [1.29, 1.82) is 0 Å². The van der Waals surface area contributed by atoms with E-state index in [1.165, 1.54) is 0 Å². The minimum absolute atomic E-state index is 0.206. The number of nitrogens with two attached hydrogens (primary N) is 2. The van der Waals surface area contributed by atoms with Crippen LogP contribution in [-0.2, 0) is 14.4 Å². The summed E-state index contributed by atoms with van der Waals surface area (Å²) in [6.45, 7) is 10.3. The summed E-state index contributed by atoms with van der Waals surface area (Å²) in [7, 11) is 0. The second-order valence-corrected chi connectivity index (χ2v) is 3.79. The van der Waals surface area contributed by atoms with E-state index in [1.54, 1.807) is 0 Å². The van der Waals surface area contributed by atoms with Gasteiger partial charge in [-0.1, -0.05) is 19.7 Å². The van der Waals surface area contributed by atoms with Crippen molar-refractivity contribution in [2.24, 2.45) is 11.5 Å². The van der Waals surface area contributed by atoms with E-state index in [2.05, 4.69) is 25.1 Å². The van der Waals surface area contributed by atoms with Gasteiger partial charge in [-0.05, 0) is 18.2 Å². The second-order valence-electron chi connectivity index (χ2n) is 3.79. The van der Waals surface area contributed by atoms with Crippen LogP contribution in [0.1, 0.15) is 0 Å². The monoisotopic (exact) mass is 265 g/mol. The molecule has 0 aliphatic rings. The Kier molecular flexibility index (Phi) is 6.78. The number of hydrogen-bond donors (Lipinski definition) is 3. The van der Waals surface area contributed by atoms with Gasteiger partial charge in [-0.2, -0.15) is 0 Å². The van der Waals surface area contributed by atoms with Crippen molar-refractivity contribution in [3.8, 4) is 0 Å². The first kappa shape index (κ1) is 17.1. The first-order chi connectivity index (χ1) is 8.89. The molecule has 0 saturated carbocycles. The molecule has 5 N–H and O–H groups in total. The molecular formula is C13H19N3O3. The minimum Gasteiger partial charge on any atom is -0.329 e. The SMILES string of the molecule is C=CC(=O)C(NCCN)C(N)(C(=O)C=C)C(=O)C=C. The van der Waals surface area contributed by atoms with E-state index in [0.717, 1.165) is 18.2 Å². The number of carbonyl (C=O) groups excluding carboxylic acids is 3. The fourth-order valence-corrected chi connectivity index (χ4v) is 1.58. The van der Waals surface area contributed by atoms with Gasteiger partial charge >= 0.3 is 0 Å². The number of ketones is 3. The van der Waals surface area contributed by atoms with E-state index in [-0.39, 0.29) is 13.1 Å². The number of carbonyl (C=O) groups is 3. The van der Waals surface area contributed by atoms with Crippen LogP contribution in [0, 0.1) is 0 Å². The molecule has 0 spiro atoms. The van der Waals surface area contributed by atoms with Gasteiger partial charge in [-0.3, -0.25) is 14.4 Å². The lowest BCUT2D eigenvalue weighted by Crippen LogP contribution is -2.69. The van der Waals surface area contributed by atoms with Crippen LogP contribution in [0.25, 0.3) is 0 Å². The Morgan fingerprint density at radius 1 is 1.11 bits per heavy atom. The van der Waals surface area contributed by atoms with Crippen LogP contribution >= 0.6 is 0 Å². The van der Waals surface area contributed by atoms with Crippen molar-refractivity contribution >= 4 is 17.3 Å². The maximum absolute atomic E-state index is 11.9. The predicted molar refractivity (Wildman–Crippen MR) is 73.4 cm³/mol. The van der Waals surface area contributed by atoms with Crippen molar-refractivity contribution in [3.05, 3.63) is 38.0 Å². The van der Waals surface area contributed by atoms with E-state index in [1.807, 2.05) is 0 Å². The largest absolute Gasteiger partial charge is 0.329 e. The molecule has 0 aliphatic carbocycles. The molecule has 0 aromatic heterocycles. The fraction of sp³-hybridized carbons (Fsp3) is 0.308. The molecule has 0 heterocycles. The molecule has 1 unspecified atom stereocenters. The maximum Gasteiger partial charge on any atom is 0.184 e. The van der Waals surface area contributed by atoms with E-state index < -0.39 is 28.9 Å². The Hall–Kier alpha value is -1.89. The second kappa shape index (κ2) is 7.52. The molecule has 0 aromatic rings. The van der Waals surface area contributed by atoms with Gasteiger partial charge in [0.05, 0.1) is 0 Å². The Morgan fingerprint density at radius 2 is 1.58 bits per heavy atom. The number of hydrogen-bond acceptors (Lipinski definition) is 6. The van der Waals surface area contributed by atoms with Gasteiger partial charge in [0.25, 0.3) is 0 Å². The summed E-state index contributed by atoms with van der Waals surface area (Å²) in [6, 6.07) is -1.26. The topological polar surface area (TPSA) is 115 Å². The summed E-state index contributed by atoms with van der Waals surface area (Å²) < 4.78 is 0. The third-order valence-corrected chi connectivity index (χ3v) is 2.62. The van der Waals surface area contributed by atoms with E-state index in [9.17, 15) is 14.4 Å². The van der Waals surface area contributed by atoms with Gasteiger partial charge in [0.15, 0.2) is 22.9 Å². The zero-order valence-corrected chi connectivity index (χ0v) is 10.7.